The molecule has 0 aliphatic heterocycles. The highest BCUT2D eigenvalue weighted by atomic mass is 16.6. The third kappa shape index (κ3) is 4.82. The second-order valence-electron chi connectivity index (χ2n) is 3.91. The summed E-state index contributed by atoms with van der Waals surface area (Å²) in [7, 11) is 0. The standard InChI is InChI=1S/C12H16N2O6/c15-5-7-20-6-1-4-13-9-2-3-11(14(18)19)10(8-9)12(16)17/h2-3,8,13,15H,1,4-7H2,(H,16,17). The van der Waals surface area contributed by atoms with Crippen LogP contribution in [0.2, 0.25) is 0 Å². The fourth-order valence-corrected chi connectivity index (χ4v) is 1.55. The third-order valence-electron chi connectivity index (χ3n) is 2.45. The fourth-order valence-electron chi connectivity index (χ4n) is 1.55. The maximum absolute atomic E-state index is 11.0. The first-order valence-electron chi connectivity index (χ1n) is 6.00. The Morgan fingerprint density at radius 3 is 2.75 bits per heavy atom. The van der Waals surface area contributed by atoms with Gasteiger partial charge >= 0.3 is 5.97 Å². The van der Waals surface area contributed by atoms with Crippen molar-refractivity contribution in [2.75, 3.05) is 31.7 Å². The van der Waals surface area contributed by atoms with Crippen LogP contribution in [0.1, 0.15) is 16.8 Å². The summed E-state index contributed by atoms with van der Waals surface area (Å²) in [5.41, 5.74) is -0.291. The number of carbonyl (C=O) groups is 1. The summed E-state index contributed by atoms with van der Waals surface area (Å²) in [5.74, 6) is -1.34. The van der Waals surface area contributed by atoms with Crippen molar-refractivity contribution in [2.45, 2.75) is 6.42 Å². The number of hydrogen-bond acceptors (Lipinski definition) is 6. The van der Waals surface area contributed by atoms with E-state index >= 15 is 0 Å². The number of nitro groups is 1. The van der Waals surface area contributed by atoms with Crippen molar-refractivity contribution in [2.24, 2.45) is 0 Å². The number of hydrogen-bond donors (Lipinski definition) is 3. The first-order chi connectivity index (χ1) is 9.56. The van der Waals surface area contributed by atoms with Crippen LogP contribution in [0.3, 0.4) is 0 Å². The molecule has 0 fully saturated rings. The molecule has 0 amide bonds. The van der Waals surface area contributed by atoms with E-state index < -0.39 is 16.6 Å². The lowest BCUT2D eigenvalue weighted by Gasteiger charge is -2.07. The summed E-state index contributed by atoms with van der Waals surface area (Å²) in [6.07, 6.45) is 0.666. The van der Waals surface area contributed by atoms with Crippen molar-refractivity contribution in [3.8, 4) is 0 Å². The predicted octanol–water partition coefficient (Wildman–Crippen LogP) is 1.10. The first kappa shape index (κ1) is 15.9. The third-order valence-corrected chi connectivity index (χ3v) is 2.45. The molecule has 0 aliphatic rings. The molecular formula is C12H16N2O6. The predicted molar refractivity (Wildman–Crippen MR) is 71.1 cm³/mol. The van der Waals surface area contributed by atoms with Gasteiger partial charge in [0.15, 0.2) is 0 Å². The summed E-state index contributed by atoms with van der Waals surface area (Å²) in [6.45, 7) is 1.24. The Morgan fingerprint density at radius 2 is 2.15 bits per heavy atom. The van der Waals surface area contributed by atoms with E-state index in [0.717, 1.165) is 6.07 Å². The van der Waals surface area contributed by atoms with Crippen molar-refractivity contribution in [1.29, 1.82) is 0 Å². The summed E-state index contributed by atoms with van der Waals surface area (Å²) >= 11 is 0. The number of rotatable bonds is 9. The van der Waals surface area contributed by atoms with Crippen LogP contribution < -0.4 is 5.32 Å². The van der Waals surface area contributed by atoms with Gasteiger partial charge in [0.05, 0.1) is 18.1 Å². The Morgan fingerprint density at radius 1 is 1.40 bits per heavy atom. The van der Waals surface area contributed by atoms with Gasteiger partial charge in [-0.15, -0.1) is 0 Å². The van der Waals surface area contributed by atoms with Crippen LogP contribution in [0.4, 0.5) is 11.4 Å². The van der Waals surface area contributed by atoms with Gasteiger partial charge in [0.25, 0.3) is 5.69 Å². The van der Waals surface area contributed by atoms with E-state index in [1.54, 1.807) is 0 Å². The second kappa shape index (κ2) is 8.08. The van der Waals surface area contributed by atoms with Crippen LogP contribution in [0.5, 0.6) is 0 Å². The molecule has 110 valence electrons. The van der Waals surface area contributed by atoms with Crippen LogP contribution in [-0.2, 0) is 4.74 Å². The molecule has 20 heavy (non-hydrogen) atoms. The van der Waals surface area contributed by atoms with Crippen LogP contribution in [0.25, 0.3) is 0 Å². The summed E-state index contributed by atoms with van der Waals surface area (Å²) < 4.78 is 5.06. The molecule has 0 saturated carbocycles. The lowest BCUT2D eigenvalue weighted by Crippen LogP contribution is -2.09. The van der Waals surface area contributed by atoms with E-state index in [4.69, 9.17) is 14.9 Å². The van der Waals surface area contributed by atoms with Gasteiger partial charge in [0.1, 0.15) is 5.56 Å². The molecule has 0 aliphatic carbocycles. The molecule has 0 atom stereocenters. The van der Waals surface area contributed by atoms with Crippen LogP contribution in [0, 0.1) is 10.1 Å². The molecular weight excluding hydrogens is 268 g/mol. The second-order valence-corrected chi connectivity index (χ2v) is 3.91. The maximum Gasteiger partial charge on any atom is 0.342 e. The van der Waals surface area contributed by atoms with Gasteiger partial charge in [-0.1, -0.05) is 0 Å². The van der Waals surface area contributed by atoms with Crippen molar-refractivity contribution in [3.05, 3.63) is 33.9 Å². The van der Waals surface area contributed by atoms with Crippen LogP contribution in [-0.4, -0.2) is 47.5 Å². The van der Waals surface area contributed by atoms with Gasteiger partial charge in [-0.25, -0.2) is 4.79 Å². The van der Waals surface area contributed by atoms with Crippen molar-refractivity contribution >= 4 is 17.3 Å². The van der Waals surface area contributed by atoms with Crippen LogP contribution >= 0.6 is 0 Å². The molecule has 0 radical (unpaired) electrons. The number of benzene rings is 1. The van der Waals surface area contributed by atoms with Gasteiger partial charge in [-0.3, -0.25) is 10.1 Å². The van der Waals surface area contributed by atoms with Crippen molar-refractivity contribution < 1.29 is 24.7 Å². The SMILES string of the molecule is O=C(O)c1cc(NCCCOCCO)ccc1[N+](=O)[O-]. The van der Waals surface area contributed by atoms with Crippen molar-refractivity contribution in [3.63, 3.8) is 0 Å². The lowest BCUT2D eigenvalue weighted by atomic mass is 10.1. The Hall–Kier alpha value is -2.19. The zero-order valence-electron chi connectivity index (χ0n) is 10.7. The summed E-state index contributed by atoms with van der Waals surface area (Å²) in [6, 6.07) is 3.85. The van der Waals surface area contributed by atoms with E-state index in [2.05, 4.69) is 5.32 Å². The van der Waals surface area contributed by atoms with Gasteiger partial charge in [-0.05, 0) is 18.6 Å². The Labute approximate surface area is 115 Å². The van der Waals surface area contributed by atoms with E-state index in [1.165, 1.54) is 12.1 Å². The smallest absolute Gasteiger partial charge is 0.342 e. The molecule has 8 nitrogen and oxygen atoms in total. The van der Waals surface area contributed by atoms with Gasteiger partial charge in [-0.2, -0.15) is 0 Å². The summed E-state index contributed by atoms with van der Waals surface area (Å²) in [4.78, 5) is 20.9. The molecule has 3 N–H and O–H groups in total. The number of nitrogens with one attached hydrogen (secondary N) is 1. The van der Waals surface area contributed by atoms with Gasteiger partial charge < -0.3 is 20.3 Å². The fraction of sp³-hybridized carbons (Fsp3) is 0.417. The van der Waals surface area contributed by atoms with E-state index in [1.807, 2.05) is 0 Å². The molecule has 1 aromatic rings. The highest BCUT2D eigenvalue weighted by molar-refractivity contribution is 5.93. The van der Waals surface area contributed by atoms with E-state index in [9.17, 15) is 14.9 Å². The average molecular weight is 284 g/mol. The minimum Gasteiger partial charge on any atom is -0.477 e. The average Bonchev–Trinajstić information content (AvgIpc) is 2.42. The largest absolute Gasteiger partial charge is 0.477 e. The quantitative estimate of drug-likeness (QED) is 0.352. The molecule has 0 heterocycles. The molecule has 1 rings (SSSR count). The number of carboxylic acid groups (broad SMARTS) is 1. The number of anilines is 1. The van der Waals surface area contributed by atoms with Gasteiger partial charge in [0.2, 0.25) is 0 Å². The molecule has 0 bridgehead atoms. The maximum atomic E-state index is 11.0. The minimum absolute atomic E-state index is 0.0300. The number of aromatic carboxylic acids is 1. The molecule has 0 aromatic heterocycles. The number of aliphatic hydroxyl groups is 1. The van der Waals surface area contributed by atoms with Crippen LogP contribution in [0.15, 0.2) is 18.2 Å². The topological polar surface area (TPSA) is 122 Å². The normalized spacial score (nSPS) is 10.2. The minimum atomic E-state index is -1.34. The zero-order valence-corrected chi connectivity index (χ0v) is 10.7. The number of ether oxygens (including phenoxy) is 1. The Bertz CT molecular complexity index is 477. The Balaban J connectivity index is 2.57. The molecule has 0 unspecified atom stereocenters. The number of nitrogens with zero attached hydrogens (tertiary/aromatic N) is 1. The first-order valence-corrected chi connectivity index (χ1v) is 6.00. The number of nitro benzene ring substituents is 1. The van der Waals surface area contributed by atoms with E-state index in [0.29, 0.717) is 25.3 Å². The number of aliphatic hydroxyl groups excluding tert-OH is 1. The molecule has 1 aromatic carbocycles. The highest BCUT2D eigenvalue weighted by Crippen LogP contribution is 2.22. The highest BCUT2D eigenvalue weighted by Gasteiger charge is 2.19. The molecule has 0 spiro atoms. The monoisotopic (exact) mass is 284 g/mol. The van der Waals surface area contributed by atoms with E-state index in [-0.39, 0.29) is 18.8 Å². The lowest BCUT2D eigenvalue weighted by molar-refractivity contribution is -0.385. The number of carboxylic acids is 1. The molecule has 0 saturated heterocycles. The summed E-state index contributed by atoms with van der Waals surface area (Å²) in [5, 5.41) is 31.1. The molecule has 8 heteroatoms. The zero-order chi connectivity index (χ0) is 15.0. The van der Waals surface area contributed by atoms with Gasteiger partial charge in [0, 0.05) is 24.9 Å². The van der Waals surface area contributed by atoms with Crippen molar-refractivity contribution in [1.82, 2.24) is 0 Å². The Kier molecular flexibility index (Phi) is 6.41.